The molecule has 0 saturated carbocycles. The van der Waals surface area contributed by atoms with Crippen LogP contribution < -0.4 is 5.32 Å². The summed E-state index contributed by atoms with van der Waals surface area (Å²) in [5.74, 6) is 0.608. The normalized spacial score (nSPS) is 19.4. The van der Waals surface area contributed by atoms with Crippen molar-refractivity contribution in [2.45, 2.75) is 52.8 Å². The van der Waals surface area contributed by atoms with Gasteiger partial charge in [0.15, 0.2) is 0 Å². The quantitative estimate of drug-likeness (QED) is 0.611. The summed E-state index contributed by atoms with van der Waals surface area (Å²) in [6, 6.07) is 0.396. The van der Waals surface area contributed by atoms with Crippen molar-refractivity contribution in [2.24, 2.45) is 5.92 Å². The van der Waals surface area contributed by atoms with Gasteiger partial charge in [-0.05, 0) is 19.3 Å². The van der Waals surface area contributed by atoms with Gasteiger partial charge in [-0.3, -0.25) is 5.32 Å². The average molecular weight is 158 g/mol. The van der Waals surface area contributed by atoms with Crippen LogP contribution in [0.5, 0.6) is 0 Å². The van der Waals surface area contributed by atoms with Crippen LogP contribution in [0, 0.1) is 5.92 Å². The summed E-state index contributed by atoms with van der Waals surface area (Å²) in [4.78, 5) is 0. The molecule has 3 unspecified atom stereocenters. The summed E-state index contributed by atoms with van der Waals surface area (Å²) in [6.07, 6.45) is 1.55. The molecule has 0 aliphatic heterocycles. The predicted molar refractivity (Wildman–Crippen MR) is 46.8 cm³/mol. The summed E-state index contributed by atoms with van der Waals surface area (Å²) in [6.45, 7) is 8.12. The zero-order valence-corrected chi connectivity index (χ0v) is 8.05. The van der Waals surface area contributed by atoms with Gasteiger partial charge in [0.25, 0.3) is 0 Å². The lowest BCUT2D eigenvalue weighted by Crippen LogP contribution is -2.39. The van der Waals surface area contributed by atoms with E-state index < -0.39 is 6.23 Å². The van der Waals surface area contributed by atoms with Crippen LogP contribution in [0.3, 0.4) is 0 Å². The Morgan fingerprint density at radius 1 is 1.18 bits per heavy atom. The Morgan fingerprint density at radius 2 is 1.73 bits per heavy atom. The van der Waals surface area contributed by atoms with E-state index in [1.54, 1.807) is 6.92 Å². The Hall–Kier alpha value is -0.0800. The lowest BCUT2D eigenvalue weighted by molar-refractivity contribution is 0.0553. The van der Waals surface area contributed by atoms with E-state index >= 15 is 0 Å². The summed E-state index contributed by atoms with van der Waals surface area (Å²) in [5, 5.41) is 13.8. The highest BCUT2D eigenvalue weighted by molar-refractivity contribution is 4.70. The summed E-state index contributed by atoms with van der Waals surface area (Å²) in [7, 11) is 0. The van der Waals surface area contributed by atoms with E-state index in [-0.39, 0.29) is 0 Å². The maximum Gasteiger partial charge on any atom is 0.141 e. The molecule has 0 aliphatic carbocycles. The largest absolute Gasteiger partial charge is 0.287 e. The zero-order chi connectivity index (χ0) is 8.85. The second kappa shape index (κ2) is 5.56. The molecule has 0 aromatic heterocycles. The fraction of sp³-hybridized carbons (Fsp3) is 1.00. The van der Waals surface area contributed by atoms with Crippen molar-refractivity contribution >= 4 is 0 Å². The molecule has 0 amide bonds. The van der Waals surface area contributed by atoms with Crippen molar-refractivity contribution < 1.29 is 5.11 Å². The number of hydrogen-bond acceptors (Lipinski definition) is 1. The van der Waals surface area contributed by atoms with Crippen LogP contribution in [0.2, 0.25) is 0 Å². The third-order valence-electron chi connectivity index (χ3n) is 2.22. The molecule has 0 bridgehead atoms. The Labute approximate surface area is 70.0 Å². The molecule has 0 aromatic rings. The second-order valence-electron chi connectivity index (χ2n) is 3.21. The van der Waals surface area contributed by atoms with Crippen LogP contribution in [0.25, 0.3) is 0 Å². The molecule has 11 heavy (non-hydrogen) atoms. The van der Waals surface area contributed by atoms with Crippen molar-refractivity contribution in [1.29, 1.82) is 0 Å². The molecular formula is C9H20NO. The molecule has 1 radical (unpaired) electrons. The highest BCUT2D eigenvalue weighted by atomic mass is 16.3. The molecule has 0 saturated heterocycles. The first-order valence-corrected chi connectivity index (χ1v) is 4.53. The van der Waals surface area contributed by atoms with E-state index in [0.29, 0.717) is 12.0 Å². The van der Waals surface area contributed by atoms with Crippen molar-refractivity contribution in [3.05, 3.63) is 0 Å². The lowest BCUT2D eigenvalue weighted by atomic mass is 9.97. The van der Waals surface area contributed by atoms with Gasteiger partial charge in [0.1, 0.15) is 6.23 Å². The molecule has 0 heterocycles. The van der Waals surface area contributed by atoms with Crippen LogP contribution in [-0.4, -0.2) is 12.3 Å². The first-order chi connectivity index (χ1) is 5.11. The van der Waals surface area contributed by atoms with Gasteiger partial charge in [-0.2, -0.15) is 0 Å². The van der Waals surface area contributed by atoms with Gasteiger partial charge in [0, 0.05) is 6.04 Å². The minimum atomic E-state index is -0.631. The molecule has 0 fully saturated rings. The number of hydrogen-bond donors (Lipinski definition) is 1. The third-order valence-corrected chi connectivity index (χ3v) is 2.22. The smallest absolute Gasteiger partial charge is 0.141 e. The van der Waals surface area contributed by atoms with E-state index in [9.17, 15) is 5.11 Å². The first-order valence-electron chi connectivity index (χ1n) is 4.53. The van der Waals surface area contributed by atoms with E-state index in [1.807, 2.05) is 0 Å². The summed E-state index contributed by atoms with van der Waals surface area (Å²) < 4.78 is 0. The lowest BCUT2D eigenvalue weighted by Gasteiger charge is -2.23. The molecule has 0 aliphatic rings. The molecule has 0 aromatic carbocycles. The molecule has 2 nitrogen and oxygen atoms in total. The first kappa shape index (κ1) is 10.9. The van der Waals surface area contributed by atoms with Crippen molar-refractivity contribution in [3.63, 3.8) is 0 Å². The topological polar surface area (TPSA) is 31.9 Å². The second-order valence-corrected chi connectivity index (χ2v) is 3.21. The Balaban J connectivity index is 3.74. The fourth-order valence-corrected chi connectivity index (χ4v) is 1.27. The number of nitrogens with one attached hydrogen (secondary N) is 1. The predicted octanol–water partition coefficient (Wildman–Crippen LogP) is 2.18. The Bertz CT molecular complexity index is 93.6. The van der Waals surface area contributed by atoms with Crippen LogP contribution in [0.4, 0.5) is 0 Å². The van der Waals surface area contributed by atoms with Crippen LogP contribution in [0.1, 0.15) is 40.5 Å². The average Bonchev–Trinajstić information content (AvgIpc) is 1.98. The van der Waals surface area contributed by atoms with Gasteiger partial charge in [0.2, 0.25) is 0 Å². The van der Waals surface area contributed by atoms with Crippen LogP contribution in [-0.2, 0) is 5.11 Å². The molecule has 2 heteroatoms. The van der Waals surface area contributed by atoms with Gasteiger partial charge < -0.3 is 0 Å². The maximum absolute atomic E-state index is 10.8. The molecular weight excluding hydrogens is 138 g/mol. The van der Waals surface area contributed by atoms with Gasteiger partial charge in [-0.1, -0.05) is 27.2 Å². The van der Waals surface area contributed by atoms with Crippen LogP contribution in [0.15, 0.2) is 0 Å². The van der Waals surface area contributed by atoms with Gasteiger partial charge in [-0.25, -0.2) is 5.11 Å². The molecule has 67 valence electrons. The third kappa shape index (κ3) is 4.38. The Kier molecular flexibility index (Phi) is 5.51. The van der Waals surface area contributed by atoms with E-state index in [0.717, 1.165) is 12.8 Å². The van der Waals surface area contributed by atoms with Gasteiger partial charge in [0.05, 0.1) is 0 Å². The van der Waals surface area contributed by atoms with Crippen LogP contribution >= 0.6 is 0 Å². The van der Waals surface area contributed by atoms with Crippen molar-refractivity contribution in [2.75, 3.05) is 0 Å². The minimum Gasteiger partial charge on any atom is -0.287 e. The van der Waals surface area contributed by atoms with Crippen molar-refractivity contribution in [3.8, 4) is 0 Å². The highest BCUT2D eigenvalue weighted by Gasteiger charge is 2.14. The fourth-order valence-electron chi connectivity index (χ4n) is 1.27. The van der Waals surface area contributed by atoms with Gasteiger partial charge >= 0.3 is 0 Å². The molecule has 0 spiro atoms. The monoisotopic (exact) mass is 158 g/mol. The molecule has 0 rings (SSSR count). The molecule has 3 atom stereocenters. The van der Waals surface area contributed by atoms with E-state index in [2.05, 4.69) is 26.1 Å². The zero-order valence-electron chi connectivity index (χ0n) is 8.05. The standard InChI is InChI=1S/C9H20NO/c1-5-7(3)9(6-2)10-8(4)11/h7-10H,5-6H2,1-4H3. The number of rotatable bonds is 5. The summed E-state index contributed by atoms with van der Waals surface area (Å²) in [5.41, 5.74) is 0. The van der Waals surface area contributed by atoms with E-state index in [1.165, 1.54) is 0 Å². The van der Waals surface area contributed by atoms with Gasteiger partial charge in [-0.15, -0.1) is 0 Å². The van der Waals surface area contributed by atoms with Crippen molar-refractivity contribution in [1.82, 2.24) is 5.32 Å². The minimum absolute atomic E-state index is 0.396. The Morgan fingerprint density at radius 3 is 2.00 bits per heavy atom. The maximum atomic E-state index is 10.8. The van der Waals surface area contributed by atoms with E-state index in [4.69, 9.17) is 0 Å². The summed E-state index contributed by atoms with van der Waals surface area (Å²) >= 11 is 0. The molecule has 1 N–H and O–H groups in total. The highest BCUT2D eigenvalue weighted by Crippen LogP contribution is 2.10. The SMILES string of the molecule is CCC(C)C(CC)NC(C)[O].